The van der Waals surface area contributed by atoms with E-state index in [-0.39, 0.29) is 0 Å². The van der Waals surface area contributed by atoms with Crippen LogP contribution in [0.2, 0.25) is 0 Å². The lowest BCUT2D eigenvalue weighted by molar-refractivity contribution is 0.397. The van der Waals surface area contributed by atoms with E-state index in [0.29, 0.717) is 18.4 Å². The molecular formula is C14H18N4O. The Balaban J connectivity index is 2.13. The third kappa shape index (κ3) is 3.42. The third-order valence-corrected chi connectivity index (χ3v) is 2.81. The van der Waals surface area contributed by atoms with Crippen LogP contribution in [-0.2, 0) is 13.1 Å². The molecule has 5 heteroatoms. The van der Waals surface area contributed by atoms with Crippen molar-refractivity contribution in [3.05, 3.63) is 47.7 Å². The molecule has 1 heterocycles. The van der Waals surface area contributed by atoms with Gasteiger partial charge in [-0.25, -0.2) is 4.98 Å². The fraction of sp³-hybridized carbons (Fsp3) is 0.286. The summed E-state index contributed by atoms with van der Waals surface area (Å²) in [5, 5.41) is 0. The Kier molecular flexibility index (Phi) is 4.30. The maximum atomic E-state index is 5.64. The highest BCUT2D eigenvalue weighted by atomic mass is 16.5. The summed E-state index contributed by atoms with van der Waals surface area (Å²) in [7, 11) is 3.54. The van der Waals surface area contributed by atoms with E-state index in [0.717, 1.165) is 12.1 Å². The third-order valence-electron chi connectivity index (χ3n) is 2.81. The number of benzene rings is 1. The maximum Gasteiger partial charge on any atom is 0.228 e. The highest BCUT2D eigenvalue weighted by molar-refractivity contribution is 5.34. The van der Waals surface area contributed by atoms with Crippen molar-refractivity contribution in [2.45, 2.75) is 13.1 Å². The van der Waals surface area contributed by atoms with Crippen LogP contribution in [0.25, 0.3) is 0 Å². The Labute approximate surface area is 113 Å². The normalized spacial score (nSPS) is 10.3. The number of nitrogens with zero attached hydrogens (tertiary/aromatic N) is 3. The number of hydrogen-bond acceptors (Lipinski definition) is 5. The minimum atomic E-state index is 0.549. The maximum absolute atomic E-state index is 5.64. The number of nitrogens with two attached hydrogens (primary N) is 1. The van der Waals surface area contributed by atoms with Gasteiger partial charge in [0.05, 0.1) is 7.11 Å². The molecule has 2 N–H and O–H groups in total. The highest BCUT2D eigenvalue weighted by Crippen LogP contribution is 2.14. The summed E-state index contributed by atoms with van der Waals surface area (Å²) in [4.78, 5) is 10.5. The lowest BCUT2D eigenvalue weighted by atomic mass is 10.1. The zero-order chi connectivity index (χ0) is 13.7. The molecular weight excluding hydrogens is 240 g/mol. The first kappa shape index (κ1) is 13.3. The molecule has 0 saturated heterocycles. The minimum Gasteiger partial charge on any atom is -0.481 e. The summed E-state index contributed by atoms with van der Waals surface area (Å²) in [6.45, 7) is 1.27. The SMILES string of the molecule is COc1ccnc(N(C)Cc2cccc(CN)c2)n1. The average Bonchev–Trinajstić information content (AvgIpc) is 2.47. The standard InChI is InChI=1S/C14H18N4O/c1-18(14-16-7-6-13(17-14)19-2)10-12-5-3-4-11(8-12)9-15/h3-8H,9-10,15H2,1-2H3. The Morgan fingerprint density at radius 3 is 2.79 bits per heavy atom. The van der Waals surface area contributed by atoms with Crippen molar-refractivity contribution in [3.8, 4) is 5.88 Å². The first-order valence-electron chi connectivity index (χ1n) is 6.09. The van der Waals surface area contributed by atoms with Gasteiger partial charge in [0.25, 0.3) is 0 Å². The predicted molar refractivity (Wildman–Crippen MR) is 75.0 cm³/mol. The molecule has 2 aromatic rings. The highest BCUT2D eigenvalue weighted by Gasteiger charge is 2.06. The Bertz CT molecular complexity index is 544. The molecule has 5 nitrogen and oxygen atoms in total. The van der Waals surface area contributed by atoms with Gasteiger partial charge in [0.15, 0.2) is 0 Å². The molecule has 0 atom stereocenters. The minimum absolute atomic E-state index is 0.549. The Morgan fingerprint density at radius 1 is 1.26 bits per heavy atom. The molecule has 0 aliphatic carbocycles. The summed E-state index contributed by atoms with van der Waals surface area (Å²) in [6, 6.07) is 9.92. The van der Waals surface area contributed by atoms with Crippen LogP contribution in [0.5, 0.6) is 5.88 Å². The summed E-state index contributed by atoms with van der Waals surface area (Å²) in [5.41, 5.74) is 7.94. The van der Waals surface area contributed by atoms with E-state index in [1.807, 2.05) is 24.1 Å². The second-order valence-electron chi connectivity index (χ2n) is 4.28. The molecule has 0 unspecified atom stereocenters. The van der Waals surface area contributed by atoms with Gasteiger partial charge in [-0.15, -0.1) is 0 Å². The fourth-order valence-electron chi connectivity index (χ4n) is 1.83. The number of anilines is 1. The van der Waals surface area contributed by atoms with E-state index in [1.54, 1.807) is 19.4 Å². The largest absolute Gasteiger partial charge is 0.481 e. The molecule has 1 aromatic carbocycles. The second-order valence-corrected chi connectivity index (χ2v) is 4.28. The summed E-state index contributed by atoms with van der Waals surface area (Å²) < 4.78 is 5.10. The molecule has 100 valence electrons. The van der Waals surface area contributed by atoms with Crippen LogP contribution in [0.15, 0.2) is 36.5 Å². The molecule has 0 aliphatic rings. The van der Waals surface area contributed by atoms with Gasteiger partial charge >= 0.3 is 0 Å². The number of aromatic nitrogens is 2. The first-order valence-corrected chi connectivity index (χ1v) is 6.09. The van der Waals surface area contributed by atoms with Crippen LogP contribution in [0, 0.1) is 0 Å². The molecule has 1 aromatic heterocycles. The monoisotopic (exact) mass is 258 g/mol. The molecule has 0 aliphatic heterocycles. The van der Waals surface area contributed by atoms with Crippen molar-refractivity contribution in [3.63, 3.8) is 0 Å². The van der Waals surface area contributed by atoms with Crippen LogP contribution in [0.1, 0.15) is 11.1 Å². The van der Waals surface area contributed by atoms with E-state index >= 15 is 0 Å². The Morgan fingerprint density at radius 2 is 2.05 bits per heavy atom. The quantitative estimate of drug-likeness (QED) is 0.882. The number of methoxy groups -OCH3 is 1. The van der Waals surface area contributed by atoms with Crippen molar-refractivity contribution in [2.75, 3.05) is 19.1 Å². The van der Waals surface area contributed by atoms with Crippen LogP contribution >= 0.6 is 0 Å². The van der Waals surface area contributed by atoms with E-state index < -0.39 is 0 Å². The van der Waals surface area contributed by atoms with Gasteiger partial charge in [-0.2, -0.15) is 4.98 Å². The topological polar surface area (TPSA) is 64.3 Å². The van der Waals surface area contributed by atoms with E-state index in [9.17, 15) is 0 Å². The number of hydrogen-bond donors (Lipinski definition) is 1. The average molecular weight is 258 g/mol. The van der Waals surface area contributed by atoms with E-state index in [1.165, 1.54) is 5.56 Å². The first-order chi connectivity index (χ1) is 9.22. The molecule has 0 saturated carbocycles. The smallest absolute Gasteiger partial charge is 0.228 e. The lowest BCUT2D eigenvalue weighted by Crippen LogP contribution is -2.19. The van der Waals surface area contributed by atoms with E-state index in [2.05, 4.69) is 22.1 Å². The summed E-state index contributed by atoms with van der Waals surface area (Å²) >= 11 is 0. The van der Waals surface area contributed by atoms with Gasteiger partial charge in [0.2, 0.25) is 11.8 Å². The van der Waals surface area contributed by atoms with Gasteiger partial charge in [-0.3, -0.25) is 0 Å². The van der Waals surface area contributed by atoms with Crippen molar-refractivity contribution < 1.29 is 4.74 Å². The van der Waals surface area contributed by atoms with Gasteiger partial charge in [0.1, 0.15) is 0 Å². The van der Waals surface area contributed by atoms with Crippen LogP contribution in [0.3, 0.4) is 0 Å². The Hall–Kier alpha value is -2.14. The summed E-state index contributed by atoms with van der Waals surface area (Å²) in [6.07, 6.45) is 1.69. The molecule has 2 rings (SSSR count). The van der Waals surface area contributed by atoms with Crippen LogP contribution in [0.4, 0.5) is 5.95 Å². The fourth-order valence-corrected chi connectivity index (χ4v) is 1.83. The summed E-state index contributed by atoms with van der Waals surface area (Å²) in [5.74, 6) is 1.20. The zero-order valence-electron chi connectivity index (χ0n) is 11.2. The number of rotatable bonds is 5. The lowest BCUT2D eigenvalue weighted by Gasteiger charge is -2.17. The van der Waals surface area contributed by atoms with Gasteiger partial charge in [-0.05, 0) is 11.1 Å². The molecule has 0 fully saturated rings. The molecule has 0 bridgehead atoms. The van der Waals surface area contributed by atoms with Crippen molar-refractivity contribution >= 4 is 5.95 Å². The van der Waals surface area contributed by atoms with E-state index in [4.69, 9.17) is 10.5 Å². The second kappa shape index (κ2) is 6.15. The van der Waals surface area contributed by atoms with Gasteiger partial charge < -0.3 is 15.4 Å². The van der Waals surface area contributed by atoms with Crippen molar-refractivity contribution in [2.24, 2.45) is 5.73 Å². The van der Waals surface area contributed by atoms with Crippen LogP contribution < -0.4 is 15.4 Å². The van der Waals surface area contributed by atoms with Crippen molar-refractivity contribution in [1.29, 1.82) is 0 Å². The number of ether oxygens (including phenoxy) is 1. The van der Waals surface area contributed by atoms with Crippen molar-refractivity contribution in [1.82, 2.24) is 9.97 Å². The van der Waals surface area contributed by atoms with Crippen LogP contribution in [-0.4, -0.2) is 24.1 Å². The predicted octanol–water partition coefficient (Wildman–Crippen LogP) is 1.58. The molecule has 19 heavy (non-hydrogen) atoms. The zero-order valence-corrected chi connectivity index (χ0v) is 11.2. The molecule has 0 radical (unpaired) electrons. The van der Waals surface area contributed by atoms with Gasteiger partial charge in [-0.1, -0.05) is 24.3 Å². The van der Waals surface area contributed by atoms with Gasteiger partial charge in [0, 0.05) is 32.4 Å². The molecule has 0 spiro atoms. The molecule has 0 amide bonds.